The van der Waals surface area contributed by atoms with Crippen LogP contribution in [0, 0.1) is 12.8 Å². The number of carbonyl (C=O) groups excluding carboxylic acids is 1. The van der Waals surface area contributed by atoms with Gasteiger partial charge in [0.15, 0.2) is 0 Å². The summed E-state index contributed by atoms with van der Waals surface area (Å²) < 4.78 is 81.5. The normalized spacial score (nSPS) is 18.7. The number of hydrogen-bond donors (Lipinski definition) is 0. The van der Waals surface area contributed by atoms with Crippen molar-refractivity contribution < 1.29 is 35.9 Å². The van der Waals surface area contributed by atoms with Crippen molar-refractivity contribution in [3.63, 3.8) is 0 Å². The van der Waals surface area contributed by atoms with Gasteiger partial charge < -0.3 is 9.64 Å². The lowest BCUT2D eigenvalue weighted by molar-refractivity contribution is -0.274. The van der Waals surface area contributed by atoms with E-state index in [0.717, 1.165) is 11.6 Å². The number of rotatable bonds is 6. The van der Waals surface area contributed by atoms with E-state index in [0.29, 0.717) is 29.7 Å². The molecule has 1 saturated heterocycles. The number of nitrogens with zero attached hydrogens (tertiary/aromatic N) is 2. The molecule has 0 bridgehead atoms. The summed E-state index contributed by atoms with van der Waals surface area (Å²) in [6.45, 7) is 5.55. The van der Waals surface area contributed by atoms with Crippen LogP contribution >= 0.6 is 0 Å². The van der Waals surface area contributed by atoms with Gasteiger partial charge in [-0.2, -0.15) is 13.2 Å². The first-order chi connectivity index (χ1) is 17.6. The molecule has 1 amide bonds. The van der Waals surface area contributed by atoms with Crippen LogP contribution in [0.3, 0.4) is 0 Å². The van der Waals surface area contributed by atoms with E-state index < -0.39 is 35.6 Å². The van der Waals surface area contributed by atoms with E-state index in [2.05, 4.69) is 9.72 Å². The number of amides is 1. The Morgan fingerprint density at radius 3 is 2.24 bits per heavy atom. The third kappa shape index (κ3) is 6.11. The molecular formula is C28H26F6N2O2. The van der Waals surface area contributed by atoms with Crippen LogP contribution in [0.25, 0.3) is 0 Å². The minimum Gasteiger partial charge on any atom is -0.406 e. The third-order valence-electron chi connectivity index (χ3n) is 6.79. The van der Waals surface area contributed by atoms with Gasteiger partial charge in [0.2, 0.25) is 5.91 Å². The molecule has 1 aromatic heterocycles. The molecule has 38 heavy (non-hydrogen) atoms. The molecule has 0 radical (unpaired) electrons. The highest BCUT2D eigenvalue weighted by molar-refractivity contribution is 5.98. The number of anilines is 1. The average Bonchev–Trinajstić information content (AvgIpc) is 3.13. The summed E-state index contributed by atoms with van der Waals surface area (Å²) in [7, 11) is 0. The topological polar surface area (TPSA) is 42.4 Å². The Balaban J connectivity index is 1.65. The zero-order valence-corrected chi connectivity index (χ0v) is 20.9. The Labute approximate surface area is 216 Å². The highest BCUT2D eigenvalue weighted by Crippen LogP contribution is 2.45. The second-order valence-corrected chi connectivity index (χ2v) is 10.1. The number of pyridine rings is 1. The number of alkyl halides is 6. The minimum absolute atomic E-state index is 0.214. The molecule has 0 saturated carbocycles. The van der Waals surface area contributed by atoms with Gasteiger partial charge in [-0.25, -0.2) is 0 Å². The van der Waals surface area contributed by atoms with Crippen molar-refractivity contribution in [1.29, 1.82) is 0 Å². The van der Waals surface area contributed by atoms with Crippen molar-refractivity contribution in [2.24, 2.45) is 5.92 Å². The number of halogens is 6. The largest absolute Gasteiger partial charge is 0.573 e. The molecule has 2 atom stereocenters. The summed E-state index contributed by atoms with van der Waals surface area (Å²) in [5.41, 5.74) is 0.906. The van der Waals surface area contributed by atoms with Crippen molar-refractivity contribution in [2.75, 3.05) is 4.90 Å². The molecule has 2 aromatic carbocycles. The van der Waals surface area contributed by atoms with Gasteiger partial charge in [-0.1, -0.05) is 49.7 Å². The number of carbonyl (C=O) groups is 1. The predicted molar refractivity (Wildman–Crippen MR) is 130 cm³/mol. The summed E-state index contributed by atoms with van der Waals surface area (Å²) in [5.74, 6) is -1.13. The highest BCUT2D eigenvalue weighted by Gasteiger charge is 2.44. The van der Waals surface area contributed by atoms with E-state index in [1.165, 1.54) is 30.5 Å². The first-order valence-corrected chi connectivity index (χ1v) is 11.9. The number of aromatic nitrogens is 1. The van der Waals surface area contributed by atoms with Crippen LogP contribution in [-0.4, -0.2) is 17.3 Å². The van der Waals surface area contributed by atoms with Gasteiger partial charge in [0, 0.05) is 17.8 Å². The van der Waals surface area contributed by atoms with Gasteiger partial charge in [-0.3, -0.25) is 9.78 Å². The van der Waals surface area contributed by atoms with Crippen LogP contribution in [0.1, 0.15) is 55.1 Å². The summed E-state index contributed by atoms with van der Waals surface area (Å²) in [5, 5.41) is 0. The molecule has 1 fully saturated rings. The number of hydrogen-bond acceptors (Lipinski definition) is 3. The van der Waals surface area contributed by atoms with Gasteiger partial charge in [-0.15, -0.1) is 13.2 Å². The number of aryl methyl sites for hydroxylation is 1. The van der Waals surface area contributed by atoms with Gasteiger partial charge >= 0.3 is 12.5 Å². The first-order valence-electron chi connectivity index (χ1n) is 11.9. The van der Waals surface area contributed by atoms with Crippen LogP contribution in [0.15, 0.2) is 66.9 Å². The molecule has 0 unspecified atom stereocenters. The maximum Gasteiger partial charge on any atom is 0.573 e. The molecule has 0 spiro atoms. The van der Waals surface area contributed by atoms with Crippen LogP contribution in [0.5, 0.6) is 5.75 Å². The summed E-state index contributed by atoms with van der Waals surface area (Å²) in [6.07, 6.45) is -7.63. The van der Waals surface area contributed by atoms with Gasteiger partial charge in [0.05, 0.1) is 6.04 Å². The van der Waals surface area contributed by atoms with Crippen molar-refractivity contribution in [3.05, 3.63) is 89.2 Å². The molecular weight excluding hydrogens is 510 g/mol. The van der Waals surface area contributed by atoms with Crippen molar-refractivity contribution in [1.82, 2.24) is 4.98 Å². The zero-order chi connectivity index (χ0) is 27.9. The monoisotopic (exact) mass is 536 g/mol. The first kappa shape index (κ1) is 27.5. The Morgan fingerprint density at radius 2 is 1.66 bits per heavy atom. The molecule has 1 aliphatic heterocycles. The van der Waals surface area contributed by atoms with E-state index in [1.54, 1.807) is 23.1 Å². The zero-order valence-electron chi connectivity index (χ0n) is 20.9. The molecule has 1 aliphatic rings. The lowest BCUT2D eigenvalue weighted by Crippen LogP contribution is -2.31. The standard InChI is InChI=1S/C28H26F6N2O2/c1-17-7-10-21(11-8-17)36-23(18-5-4-6-22(13-18)38-28(32,33)34)14-19(25(36)37)15-26(2,3)20-9-12-24(35-16-20)27(29,30)31/h4-13,16,19,23H,14-15H2,1-3H3/t19-,23-/m1/s1. The molecule has 202 valence electrons. The van der Waals surface area contributed by atoms with Crippen molar-refractivity contribution >= 4 is 11.6 Å². The fourth-order valence-electron chi connectivity index (χ4n) is 4.91. The van der Waals surface area contributed by atoms with E-state index >= 15 is 0 Å². The van der Waals surface area contributed by atoms with Gasteiger partial charge in [0.25, 0.3) is 0 Å². The van der Waals surface area contributed by atoms with Crippen molar-refractivity contribution in [3.8, 4) is 5.75 Å². The summed E-state index contributed by atoms with van der Waals surface area (Å²) >= 11 is 0. The Morgan fingerprint density at radius 1 is 0.974 bits per heavy atom. The van der Waals surface area contributed by atoms with Crippen molar-refractivity contribution in [2.45, 2.75) is 57.6 Å². The maximum absolute atomic E-state index is 13.7. The molecule has 2 heterocycles. The molecule has 3 aromatic rings. The van der Waals surface area contributed by atoms with E-state index in [9.17, 15) is 31.1 Å². The predicted octanol–water partition coefficient (Wildman–Crippen LogP) is 7.77. The molecule has 4 nitrogen and oxygen atoms in total. The quantitative estimate of drug-likeness (QED) is 0.302. The van der Waals surface area contributed by atoms with E-state index in [1.807, 2.05) is 32.9 Å². The van der Waals surface area contributed by atoms with Crippen LogP contribution in [0.4, 0.5) is 32.0 Å². The minimum atomic E-state index is -4.86. The van der Waals surface area contributed by atoms with E-state index in [4.69, 9.17) is 0 Å². The molecule has 4 rings (SSSR count). The number of benzene rings is 2. The fourth-order valence-corrected chi connectivity index (χ4v) is 4.91. The number of ether oxygens (including phenoxy) is 1. The Bertz CT molecular complexity index is 1280. The molecule has 10 heteroatoms. The Kier molecular flexibility index (Phi) is 7.20. The highest BCUT2D eigenvalue weighted by atomic mass is 19.4. The SMILES string of the molecule is Cc1ccc(N2C(=O)[C@@H](CC(C)(C)c3ccc(C(F)(F)F)nc3)C[C@@H]2c2cccc(OC(F)(F)F)c2)cc1. The van der Waals surface area contributed by atoms with Gasteiger partial charge in [-0.05, 0) is 66.6 Å². The smallest absolute Gasteiger partial charge is 0.406 e. The van der Waals surface area contributed by atoms with Crippen LogP contribution < -0.4 is 9.64 Å². The average molecular weight is 537 g/mol. The Hall–Kier alpha value is -3.56. The molecule has 0 aliphatic carbocycles. The third-order valence-corrected chi connectivity index (χ3v) is 6.79. The maximum atomic E-state index is 13.7. The lowest BCUT2D eigenvalue weighted by atomic mass is 9.76. The fraction of sp³-hybridized carbons (Fsp3) is 0.357. The summed E-state index contributed by atoms with van der Waals surface area (Å²) in [6, 6.07) is 14.5. The second kappa shape index (κ2) is 9.96. The lowest BCUT2D eigenvalue weighted by Gasteiger charge is -2.28. The summed E-state index contributed by atoms with van der Waals surface area (Å²) in [4.78, 5) is 18.9. The van der Waals surface area contributed by atoms with Gasteiger partial charge in [0.1, 0.15) is 11.4 Å². The second-order valence-electron chi connectivity index (χ2n) is 10.1. The van der Waals surface area contributed by atoms with Crippen LogP contribution in [0.2, 0.25) is 0 Å². The molecule has 0 N–H and O–H groups in total. The van der Waals surface area contributed by atoms with E-state index in [-0.39, 0.29) is 11.7 Å². The van der Waals surface area contributed by atoms with Crippen LogP contribution in [-0.2, 0) is 16.4 Å².